The molecule has 1 saturated heterocycles. The number of carbonyl (C=O) groups is 1. The fourth-order valence-corrected chi connectivity index (χ4v) is 6.96. The Morgan fingerprint density at radius 2 is 2.08 bits per heavy atom. The predicted molar refractivity (Wildman–Crippen MR) is 142 cm³/mol. The number of rotatable bonds is 9. The Morgan fingerprint density at radius 3 is 2.73 bits per heavy atom. The molecule has 1 aliphatic carbocycles. The normalized spacial score (nSPS) is 16.8. The molecule has 12 nitrogen and oxygen atoms in total. The first-order valence-electron chi connectivity index (χ1n) is 12.5. The van der Waals surface area contributed by atoms with Crippen molar-refractivity contribution in [2.24, 2.45) is 0 Å². The summed E-state index contributed by atoms with van der Waals surface area (Å²) in [4.78, 5) is 24.6. The van der Waals surface area contributed by atoms with Crippen molar-refractivity contribution in [2.75, 3.05) is 31.6 Å². The number of hydrogen-bond acceptors (Lipinski definition) is 10. The lowest BCUT2D eigenvalue weighted by molar-refractivity contribution is -0.127. The molecule has 2 fully saturated rings. The molecule has 0 atom stereocenters. The summed E-state index contributed by atoms with van der Waals surface area (Å²) in [5.74, 6) is 0.629. The van der Waals surface area contributed by atoms with Crippen molar-refractivity contribution in [1.82, 2.24) is 34.4 Å². The van der Waals surface area contributed by atoms with Crippen LogP contribution in [0.5, 0.6) is 0 Å². The van der Waals surface area contributed by atoms with Crippen LogP contribution in [0.15, 0.2) is 29.4 Å². The second kappa shape index (κ2) is 9.68. The Hall–Kier alpha value is -3.81. The van der Waals surface area contributed by atoms with Crippen molar-refractivity contribution in [2.45, 2.75) is 42.5 Å². The summed E-state index contributed by atoms with van der Waals surface area (Å²) < 4.78 is 57.2. The SMILES string of the molecule is CN(CCN1CCCC1=O)c1ncnc2c1c1ccc(S(=O)(=O)NC3(C#N)CC3)cc1n2-c1nnc(C(F)F)s1. The van der Waals surface area contributed by atoms with Gasteiger partial charge in [0, 0.05) is 38.5 Å². The Balaban J connectivity index is 1.49. The van der Waals surface area contributed by atoms with Gasteiger partial charge < -0.3 is 9.80 Å². The van der Waals surface area contributed by atoms with E-state index in [2.05, 4.69) is 24.9 Å². The zero-order valence-corrected chi connectivity index (χ0v) is 22.8. The monoisotopic (exact) mass is 587 g/mol. The van der Waals surface area contributed by atoms with Crippen LogP contribution in [0, 0.1) is 11.3 Å². The first-order valence-corrected chi connectivity index (χ1v) is 14.8. The molecule has 0 bridgehead atoms. The van der Waals surface area contributed by atoms with Crippen LogP contribution in [0.1, 0.15) is 37.1 Å². The fourth-order valence-electron chi connectivity index (χ4n) is 4.85. The standard InChI is InChI=1S/C24H23F2N9O3S2/c1-33(9-10-34-8-2-3-17(34)36)20-18-15-5-4-14(40(37,38)32-24(12-27)6-7-24)11-16(15)35(21(18)29-13-28-20)23-31-30-22(39-23)19(25)26/h4-5,11,13,19,32H,2-3,6-10H2,1H3. The number of aromatic nitrogens is 5. The molecule has 3 aromatic heterocycles. The van der Waals surface area contributed by atoms with Gasteiger partial charge in [-0.3, -0.25) is 9.36 Å². The van der Waals surface area contributed by atoms with Gasteiger partial charge in [-0.25, -0.2) is 27.2 Å². The topological polar surface area (TPSA) is 150 Å². The highest BCUT2D eigenvalue weighted by Gasteiger charge is 2.47. The number of amides is 1. The van der Waals surface area contributed by atoms with Gasteiger partial charge in [0.25, 0.3) is 6.43 Å². The van der Waals surface area contributed by atoms with Gasteiger partial charge in [-0.05, 0) is 31.4 Å². The van der Waals surface area contributed by atoms with E-state index < -0.39 is 27.0 Å². The number of nitrogens with one attached hydrogen (secondary N) is 1. The van der Waals surface area contributed by atoms with Crippen molar-refractivity contribution < 1.29 is 22.0 Å². The third-order valence-corrected chi connectivity index (χ3v) is 9.60. The molecule has 0 radical (unpaired) electrons. The highest BCUT2D eigenvalue weighted by Crippen LogP contribution is 2.39. The van der Waals surface area contributed by atoms with Crippen molar-refractivity contribution in [1.29, 1.82) is 5.26 Å². The van der Waals surface area contributed by atoms with Crippen LogP contribution in [0.2, 0.25) is 0 Å². The lowest BCUT2D eigenvalue weighted by Gasteiger charge is -2.23. The number of fused-ring (bicyclic) bond motifs is 3. The summed E-state index contributed by atoms with van der Waals surface area (Å²) in [6.07, 6.45) is 0.702. The number of anilines is 1. The molecule has 1 amide bonds. The van der Waals surface area contributed by atoms with Crippen LogP contribution >= 0.6 is 11.3 Å². The zero-order chi connectivity index (χ0) is 28.2. The highest BCUT2D eigenvalue weighted by molar-refractivity contribution is 7.89. The molecular weight excluding hydrogens is 564 g/mol. The van der Waals surface area contributed by atoms with Gasteiger partial charge in [-0.2, -0.15) is 9.98 Å². The van der Waals surface area contributed by atoms with Gasteiger partial charge >= 0.3 is 0 Å². The zero-order valence-electron chi connectivity index (χ0n) is 21.2. The van der Waals surface area contributed by atoms with Crippen LogP contribution in [-0.2, 0) is 14.8 Å². The largest absolute Gasteiger partial charge is 0.357 e. The first-order chi connectivity index (χ1) is 19.1. The van der Waals surface area contributed by atoms with Gasteiger partial charge in [0.05, 0.1) is 21.9 Å². The third-order valence-electron chi connectivity index (χ3n) is 7.15. The molecule has 1 saturated carbocycles. The molecule has 1 N–H and O–H groups in total. The Morgan fingerprint density at radius 1 is 1.27 bits per heavy atom. The van der Waals surface area contributed by atoms with Crippen molar-refractivity contribution in [3.8, 4) is 11.2 Å². The van der Waals surface area contributed by atoms with E-state index in [1.165, 1.54) is 23.0 Å². The molecule has 6 rings (SSSR count). The van der Waals surface area contributed by atoms with Crippen molar-refractivity contribution >= 4 is 55.0 Å². The Bertz CT molecular complexity index is 1790. The highest BCUT2D eigenvalue weighted by atomic mass is 32.2. The summed E-state index contributed by atoms with van der Waals surface area (Å²) in [5, 5.41) is 17.7. The number of nitriles is 1. The summed E-state index contributed by atoms with van der Waals surface area (Å²) in [5.41, 5.74) is -0.440. The molecule has 1 aromatic carbocycles. The number of halogens is 2. The number of carbonyl (C=O) groups excluding carboxylic acids is 1. The lowest BCUT2D eigenvalue weighted by atomic mass is 10.2. The Labute approximate surface area is 231 Å². The van der Waals surface area contributed by atoms with Crippen LogP contribution in [0.3, 0.4) is 0 Å². The van der Waals surface area contributed by atoms with Crippen molar-refractivity contribution in [3.63, 3.8) is 0 Å². The minimum Gasteiger partial charge on any atom is -0.357 e. The molecule has 16 heteroatoms. The maximum atomic E-state index is 13.4. The molecule has 0 spiro atoms. The van der Waals surface area contributed by atoms with Gasteiger partial charge in [-0.15, -0.1) is 10.2 Å². The van der Waals surface area contributed by atoms with Gasteiger partial charge in [0.2, 0.25) is 21.1 Å². The molecule has 1 aliphatic heterocycles. The van der Waals surface area contributed by atoms with Crippen molar-refractivity contribution in [3.05, 3.63) is 29.5 Å². The van der Waals surface area contributed by atoms with E-state index >= 15 is 0 Å². The molecule has 0 unspecified atom stereocenters. The molecule has 4 heterocycles. The van der Waals surface area contributed by atoms with E-state index in [1.54, 1.807) is 11.0 Å². The summed E-state index contributed by atoms with van der Waals surface area (Å²) in [7, 11) is -2.25. The third kappa shape index (κ3) is 4.53. The second-order valence-corrected chi connectivity index (χ2v) is 12.5. The Kier molecular flexibility index (Phi) is 6.39. The van der Waals surface area contributed by atoms with E-state index in [1.807, 2.05) is 18.0 Å². The second-order valence-electron chi connectivity index (χ2n) is 9.84. The van der Waals surface area contributed by atoms with Crippen LogP contribution in [-0.4, -0.2) is 76.2 Å². The lowest BCUT2D eigenvalue weighted by Crippen LogP contribution is -2.35. The summed E-state index contributed by atoms with van der Waals surface area (Å²) in [6, 6.07) is 6.45. The van der Waals surface area contributed by atoms with Gasteiger partial charge in [0.1, 0.15) is 17.7 Å². The number of likely N-dealkylation sites (N-methyl/N-ethyl adjacent to an activating group) is 1. The first kappa shape index (κ1) is 26.4. The molecule has 2 aliphatic rings. The van der Waals surface area contributed by atoms with E-state index in [-0.39, 0.29) is 15.9 Å². The average molecular weight is 588 g/mol. The maximum Gasteiger partial charge on any atom is 0.291 e. The molecule has 40 heavy (non-hydrogen) atoms. The quantitative estimate of drug-likeness (QED) is 0.312. The number of sulfonamides is 1. The minimum absolute atomic E-state index is 0.0865. The number of likely N-dealkylation sites (tertiary alicyclic amines) is 1. The smallest absolute Gasteiger partial charge is 0.291 e. The molecule has 4 aromatic rings. The summed E-state index contributed by atoms with van der Waals surface area (Å²) in [6.45, 7) is 1.68. The van der Waals surface area contributed by atoms with Gasteiger partial charge in [0.15, 0.2) is 10.7 Å². The molecular formula is C24H23F2N9O3S2. The van der Waals surface area contributed by atoms with E-state index in [4.69, 9.17) is 0 Å². The van der Waals surface area contributed by atoms with Gasteiger partial charge in [-0.1, -0.05) is 17.4 Å². The number of hydrogen-bond donors (Lipinski definition) is 1. The number of benzene rings is 1. The summed E-state index contributed by atoms with van der Waals surface area (Å²) >= 11 is 0.671. The maximum absolute atomic E-state index is 13.4. The minimum atomic E-state index is -4.08. The molecule has 208 valence electrons. The van der Waals surface area contributed by atoms with Crippen LogP contribution in [0.4, 0.5) is 14.6 Å². The van der Waals surface area contributed by atoms with E-state index in [9.17, 15) is 27.3 Å². The number of alkyl halides is 2. The number of nitrogens with zero attached hydrogens (tertiary/aromatic N) is 8. The fraction of sp³-hybridized carbons (Fsp3) is 0.417. The predicted octanol–water partition coefficient (Wildman–Crippen LogP) is 2.76. The van der Waals surface area contributed by atoms with E-state index in [0.717, 1.165) is 6.42 Å². The van der Waals surface area contributed by atoms with Crippen LogP contribution < -0.4 is 9.62 Å². The van der Waals surface area contributed by atoms with Crippen LogP contribution in [0.25, 0.3) is 27.1 Å². The van der Waals surface area contributed by atoms with E-state index in [0.29, 0.717) is 78.0 Å². The average Bonchev–Trinajstić information content (AvgIpc) is 3.24.